The number of likely N-dealkylation sites (N-methyl/N-ethyl adjacent to an activating group) is 1. The Bertz CT molecular complexity index is 666. The summed E-state index contributed by atoms with van der Waals surface area (Å²) in [5.41, 5.74) is 2.31. The molecule has 2 aromatic rings. The number of carbonyl (C=O) groups is 1. The normalized spacial score (nSPS) is 17.7. The third-order valence-electron chi connectivity index (χ3n) is 4.78. The van der Waals surface area contributed by atoms with Gasteiger partial charge < -0.3 is 15.1 Å². The van der Waals surface area contributed by atoms with Gasteiger partial charge in [-0.3, -0.25) is 4.68 Å². The van der Waals surface area contributed by atoms with E-state index in [4.69, 9.17) is 0 Å². The van der Waals surface area contributed by atoms with Gasteiger partial charge in [0.2, 0.25) is 0 Å². The van der Waals surface area contributed by atoms with Crippen LogP contribution in [-0.4, -0.2) is 58.8 Å². The Hall–Kier alpha value is -2.34. The first-order chi connectivity index (χ1) is 12.1. The summed E-state index contributed by atoms with van der Waals surface area (Å²) in [7, 11) is 4.16. The van der Waals surface area contributed by atoms with Crippen LogP contribution in [0.1, 0.15) is 24.0 Å². The van der Waals surface area contributed by atoms with Gasteiger partial charge in [-0.2, -0.15) is 5.10 Å². The molecule has 6 nitrogen and oxygen atoms in total. The maximum Gasteiger partial charge on any atom is 0.317 e. The molecule has 0 radical (unpaired) electrons. The lowest BCUT2D eigenvalue weighted by Crippen LogP contribution is -2.50. The molecule has 1 aromatic heterocycles. The number of rotatable bonds is 5. The molecule has 0 saturated carbocycles. The van der Waals surface area contributed by atoms with Crippen molar-refractivity contribution in [3.8, 4) is 0 Å². The smallest absolute Gasteiger partial charge is 0.317 e. The van der Waals surface area contributed by atoms with Crippen molar-refractivity contribution in [3.05, 3.63) is 53.9 Å². The van der Waals surface area contributed by atoms with E-state index in [-0.39, 0.29) is 6.03 Å². The molecule has 3 rings (SSSR count). The number of likely N-dealkylation sites (tertiary alicyclic amines) is 1. The van der Waals surface area contributed by atoms with Crippen molar-refractivity contribution in [1.82, 2.24) is 24.9 Å². The fourth-order valence-electron chi connectivity index (χ4n) is 3.19. The molecule has 1 atom stereocenters. The third kappa shape index (κ3) is 4.82. The third-order valence-corrected chi connectivity index (χ3v) is 4.78. The monoisotopic (exact) mass is 341 g/mol. The van der Waals surface area contributed by atoms with Gasteiger partial charge in [-0.1, -0.05) is 24.3 Å². The Morgan fingerprint density at radius 2 is 2.04 bits per heavy atom. The molecule has 2 amide bonds. The number of aromatic nitrogens is 2. The lowest BCUT2D eigenvalue weighted by molar-refractivity contribution is 0.140. The Morgan fingerprint density at radius 3 is 2.72 bits per heavy atom. The summed E-state index contributed by atoms with van der Waals surface area (Å²) >= 11 is 0. The molecule has 1 aliphatic heterocycles. The zero-order chi connectivity index (χ0) is 17.6. The second kappa shape index (κ2) is 8.16. The number of hydrogen-bond donors (Lipinski definition) is 1. The molecule has 1 unspecified atom stereocenters. The van der Waals surface area contributed by atoms with E-state index < -0.39 is 0 Å². The number of nitrogens with zero attached hydrogens (tertiary/aromatic N) is 4. The van der Waals surface area contributed by atoms with Crippen molar-refractivity contribution >= 4 is 6.03 Å². The number of urea groups is 1. The van der Waals surface area contributed by atoms with Crippen LogP contribution in [0, 0.1) is 0 Å². The van der Waals surface area contributed by atoms with E-state index in [2.05, 4.69) is 53.7 Å². The first-order valence-corrected chi connectivity index (χ1v) is 8.86. The molecule has 1 fully saturated rings. The van der Waals surface area contributed by atoms with Gasteiger partial charge in [0.05, 0.1) is 6.54 Å². The van der Waals surface area contributed by atoms with E-state index >= 15 is 0 Å². The Morgan fingerprint density at radius 1 is 1.28 bits per heavy atom. The summed E-state index contributed by atoms with van der Waals surface area (Å²) in [5, 5.41) is 7.26. The van der Waals surface area contributed by atoms with Crippen molar-refractivity contribution in [2.45, 2.75) is 32.0 Å². The van der Waals surface area contributed by atoms with E-state index in [1.807, 2.05) is 21.8 Å². The fraction of sp³-hybridized carbons (Fsp3) is 0.474. The fourth-order valence-corrected chi connectivity index (χ4v) is 3.19. The largest absolute Gasteiger partial charge is 0.334 e. The van der Waals surface area contributed by atoms with Gasteiger partial charge in [0.1, 0.15) is 0 Å². The van der Waals surface area contributed by atoms with Crippen LogP contribution in [0.3, 0.4) is 0 Å². The van der Waals surface area contributed by atoms with Crippen LogP contribution in [0.2, 0.25) is 0 Å². The molecule has 0 spiro atoms. The van der Waals surface area contributed by atoms with Gasteiger partial charge in [0, 0.05) is 38.1 Å². The Labute approximate surface area is 149 Å². The quantitative estimate of drug-likeness (QED) is 0.907. The predicted molar refractivity (Wildman–Crippen MR) is 98.3 cm³/mol. The number of benzene rings is 1. The summed E-state index contributed by atoms with van der Waals surface area (Å²) in [6.45, 7) is 2.98. The van der Waals surface area contributed by atoms with Gasteiger partial charge in [0.25, 0.3) is 0 Å². The van der Waals surface area contributed by atoms with E-state index in [0.29, 0.717) is 12.6 Å². The van der Waals surface area contributed by atoms with E-state index in [0.717, 1.165) is 38.0 Å². The molecule has 134 valence electrons. The van der Waals surface area contributed by atoms with Crippen LogP contribution in [0.15, 0.2) is 42.7 Å². The van der Waals surface area contributed by atoms with Crippen LogP contribution in [0.5, 0.6) is 0 Å². The second-order valence-corrected chi connectivity index (χ2v) is 6.88. The zero-order valence-corrected chi connectivity index (χ0v) is 15.1. The standard InChI is InChI=1S/C19H27N5O/c1-22(2)18-5-3-11-23(15-18)19(25)20-13-16-6-8-17(9-7-16)14-24-12-4-10-21-24/h4,6-10,12,18H,3,5,11,13-15H2,1-2H3,(H,20,25). The molecular weight excluding hydrogens is 314 g/mol. The van der Waals surface area contributed by atoms with Crippen LogP contribution in [0.25, 0.3) is 0 Å². The van der Waals surface area contributed by atoms with Crippen LogP contribution < -0.4 is 5.32 Å². The van der Waals surface area contributed by atoms with Crippen molar-refractivity contribution in [2.24, 2.45) is 0 Å². The number of piperidine rings is 1. The molecule has 1 aromatic carbocycles. The number of nitrogens with one attached hydrogen (secondary N) is 1. The van der Waals surface area contributed by atoms with Gasteiger partial charge in [-0.25, -0.2) is 4.79 Å². The van der Waals surface area contributed by atoms with Crippen molar-refractivity contribution < 1.29 is 4.79 Å². The second-order valence-electron chi connectivity index (χ2n) is 6.88. The van der Waals surface area contributed by atoms with Gasteiger partial charge >= 0.3 is 6.03 Å². The lowest BCUT2D eigenvalue weighted by Gasteiger charge is -2.36. The van der Waals surface area contributed by atoms with Crippen LogP contribution in [-0.2, 0) is 13.1 Å². The summed E-state index contributed by atoms with van der Waals surface area (Å²) in [5.74, 6) is 0. The molecule has 0 bridgehead atoms. The molecule has 2 heterocycles. The molecule has 6 heteroatoms. The summed E-state index contributed by atoms with van der Waals surface area (Å²) in [6.07, 6.45) is 5.96. The molecule has 1 aliphatic rings. The predicted octanol–water partition coefficient (Wildman–Crippen LogP) is 2.17. The summed E-state index contributed by atoms with van der Waals surface area (Å²) in [6, 6.07) is 10.7. The van der Waals surface area contributed by atoms with E-state index in [1.165, 1.54) is 5.56 Å². The molecule has 1 saturated heterocycles. The molecular formula is C19H27N5O. The highest BCUT2D eigenvalue weighted by Gasteiger charge is 2.24. The van der Waals surface area contributed by atoms with Crippen molar-refractivity contribution in [3.63, 3.8) is 0 Å². The number of carbonyl (C=O) groups excluding carboxylic acids is 1. The number of hydrogen-bond acceptors (Lipinski definition) is 3. The van der Waals surface area contributed by atoms with Gasteiger partial charge in [-0.15, -0.1) is 0 Å². The highest BCUT2D eigenvalue weighted by atomic mass is 16.2. The Kier molecular flexibility index (Phi) is 5.71. The lowest BCUT2D eigenvalue weighted by atomic mass is 10.1. The van der Waals surface area contributed by atoms with Crippen LogP contribution >= 0.6 is 0 Å². The minimum Gasteiger partial charge on any atom is -0.334 e. The average molecular weight is 341 g/mol. The highest BCUT2D eigenvalue weighted by Crippen LogP contribution is 2.14. The molecule has 1 N–H and O–H groups in total. The summed E-state index contributed by atoms with van der Waals surface area (Å²) < 4.78 is 1.90. The van der Waals surface area contributed by atoms with Crippen molar-refractivity contribution in [1.29, 1.82) is 0 Å². The van der Waals surface area contributed by atoms with Gasteiger partial charge in [0.15, 0.2) is 0 Å². The van der Waals surface area contributed by atoms with Gasteiger partial charge in [-0.05, 0) is 44.1 Å². The van der Waals surface area contributed by atoms with E-state index in [9.17, 15) is 4.79 Å². The van der Waals surface area contributed by atoms with E-state index in [1.54, 1.807) is 6.20 Å². The first kappa shape index (κ1) is 17.5. The number of amides is 2. The summed E-state index contributed by atoms with van der Waals surface area (Å²) in [4.78, 5) is 16.5. The Balaban J connectivity index is 1.48. The zero-order valence-electron chi connectivity index (χ0n) is 15.1. The molecule has 25 heavy (non-hydrogen) atoms. The maximum atomic E-state index is 12.4. The topological polar surface area (TPSA) is 53.4 Å². The maximum absolute atomic E-state index is 12.4. The highest BCUT2D eigenvalue weighted by molar-refractivity contribution is 5.74. The first-order valence-electron chi connectivity index (χ1n) is 8.86. The SMILES string of the molecule is CN(C)C1CCCN(C(=O)NCc2ccc(Cn3cccn3)cc2)C1. The minimum absolute atomic E-state index is 0.0344. The minimum atomic E-state index is 0.0344. The van der Waals surface area contributed by atoms with Crippen molar-refractivity contribution in [2.75, 3.05) is 27.2 Å². The molecule has 0 aliphatic carbocycles. The van der Waals surface area contributed by atoms with Crippen LogP contribution in [0.4, 0.5) is 4.79 Å². The average Bonchev–Trinajstić information content (AvgIpc) is 3.14.